The fraction of sp³-hybridized carbons (Fsp3) is 0.889. The van der Waals surface area contributed by atoms with Crippen molar-refractivity contribution in [1.29, 1.82) is 0 Å². The Labute approximate surface area is 100 Å². The van der Waals surface area contributed by atoms with E-state index in [1.807, 2.05) is 0 Å². The predicted octanol–water partition coefficient (Wildman–Crippen LogP) is -1.43. The van der Waals surface area contributed by atoms with Gasteiger partial charge in [0.05, 0.1) is 25.9 Å². The molecule has 1 rings (SSSR count). The molecule has 0 saturated carbocycles. The molecule has 7 nitrogen and oxygen atoms in total. The summed E-state index contributed by atoms with van der Waals surface area (Å²) in [5, 5.41) is 8.98. The molecule has 0 aromatic heterocycles. The number of carbonyl (C=O) groups is 1. The normalized spacial score (nSPS) is 26.8. The number of carbonyl (C=O) groups excluding carboxylic acids is 1. The molecule has 1 heterocycles. The maximum atomic E-state index is 11.8. The summed E-state index contributed by atoms with van der Waals surface area (Å²) >= 11 is 0. The minimum Gasteiger partial charge on any atom is -0.468 e. The molecule has 17 heavy (non-hydrogen) atoms. The highest BCUT2D eigenvalue weighted by atomic mass is 32.2. The molecule has 1 fully saturated rings. The van der Waals surface area contributed by atoms with Gasteiger partial charge in [-0.1, -0.05) is 0 Å². The molecule has 0 aromatic carbocycles. The van der Waals surface area contributed by atoms with E-state index in [9.17, 15) is 13.2 Å². The Balaban J connectivity index is 2.73. The smallest absolute Gasteiger partial charge is 0.322 e. The van der Waals surface area contributed by atoms with Crippen LogP contribution in [-0.2, 0) is 24.3 Å². The van der Waals surface area contributed by atoms with Crippen molar-refractivity contribution in [2.24, 2.45) is 0 Å². The second-order valence-corrected chi connectivity index (χ2v) is 5.87. The maximum Gasteiger partial charge on any atom is 0.322 e. The van der Waals surface area contributed by atoms with Crippen LogP contribution in [-0.4, -0.2) is 68.6 Å². The zero-order valence-corrected chi connectivity index (χ0v) is 10.6. The number of aliphatic hydroxyl groups excluding tert-OH is 1. The summed E-state index contributed by atoms with van der Waals surface area (Å²) in [5.41, 5.74) is 0. The first kappa shape index (κ1) is 14.4. The largest absolute Gasteiger partial charge is 0.468 e. The van der Waals surface area contributed by atoms with Crippen molar-refractivity contribution < 1.29 is 27.8 Å². The summed E-state index contributed by atoms with van der Waals surface area (Å²) in [7, 11) is -2.57. The number of ether oxygens (including phenoxy) is 2. The second kappa shape index (κ2) is 5.76. The first-order valence-electron chi connectivity index (χ1n) is 5.20. The Morgan fingerprint density at radius 1 is 1.53 bits per heavy atom. The van der Waals surface area contributed by atoms with Gasteiger partial charge in [0.15, 0.2) is 5.75 Å². The van der Waals surface area contributed by atoms with Crippen molar-refractivity contribution in [3.05, 3.63) is 0 Å². The Hall–Kier alpha value is -0.700. The fourth-order valence-corrected chi connectivity index (χ4v) is 3.06. The molecule has 0 aromatic rings. The van der Waals surface area contributed by atoms with Gasteiger partial charge in [-0.05, 0) is 6.92 Å². The summed E-state index contributed by atoms with van der Waals surface area (Å²) in [5.74, 6) is -1.49. The van der Waals surface area contributed by atoms with Crippen LogP contribution in [0.4, 0.5) is 0 Å². The van der Waals surface area contributed by atoms with Crippen LogP contribution >= 0.6 is 0 Å². The zero-order chi connectivity index (χ0) is 13.1. The first-order valence-corrected chi connectivity index (χ1v) is 6.81. The highest BCUT2D eigenvalue weighted by Gasteiger charge is 2.33. The van der Waals surface area contributed by atoms with Crippen molar-refractivity contribution in [1.82, 2.24) is 4.31 Å². The first-order chi connectivity index (χ1) is 7.89. The Kier molecular flexibility index (Phi) is 4.87. The van der Waals surface area contributed by atoms with Crippen LogP contribution in [0.5, 0.6) is 0 Å². The van der Waals surface area contributed by atoms with E-state index in [0.29, 0.717) is 0 Å². The molecule has 1 N–H and O–H groups in total. The average molecular weight is 267 g/mol. The average Bonchev–Trinajstić information content (AvgIpc) is 2.27. The van der Waals surface area contributed by atoms with Crippen LogP contribution in [0.3, 0.4) is 0 Å². The van der Waals surface area contributed by atoms with Crippen molar-refractivity contribution in [2.75, 3.05) is 32.6 Å². The minimum atomic E-state index is -3.70. The van der Waals surface area contributed by atoms with Crippen molar-refractivity contribution >= 4 is 16.0 Å². The number of nitrogens with zero attached hydrogens (tertiary/aromatic N) is 1. The van der Waals surface area contributed by atoms with E-state index < -0.39 is 27.8 Å². The maximum absolute atomic E-state index is 11.8. The predicted molar refractivity (Wildman–Crippen MR) is 58.8 cm³/mol. The molecule has 0 aliphatic carbocycles. The van der Waals surface area contributed by atoms with Crippen LogP contribution in [0.25, 0.3) is 0 Å². The van der Waals surface area contributed by atoms with Gasteiger partial charge in [-0.25, -0.2) is 8.42 Å². The van der Waals surface area contributed by atoms with E-state index >= 15 is 0 Å². The lowest BCUT2D eigenvalue weighted by molar-refractivity contribution is -0.137. The van der Waals surface area contributed by atoms with Gasteiger partial charge in [-0.3, -0.25) is 4.79 Å². The monoisotopic (exact) mass is 267 g/mol. The van der Waals surface area contributed by atoms with E-state index in [4.69, 9.17) is 9.84 Å². The summed E-state index contributed by atoms with van der Waals surface area (Å²) in [4.78, 5) is 11.0. The Morgan fingerprint density at radius 3 is 2.71 bits per heavy atom. The molecule has 1 saturated heterocycles. The molecule has 0 spiro atoms. The van der Waals surface area contributed by atoms with Gasteiger partial charge in [0, 0.05) is 13.1 Å². The second-order valence-electron chi connectivity index (χ2n) is 3.90. The van der Waals surface area contributed by atoms with Crippen molar-refractivity contribution in [3.63, 3.8) is 0 Å². The molecule has 0 radical (unpaired) electrons. The molecule has 1 aliphatic heterocycles. The molecule has 100 valence electrons. The lowest BCUT2D eigenvalue weighted by Crippen LogP contribution is -2.51. The van der Waals surface area contributed by atoms with Crippen LogP contribution < -0.4 is 0 Å². The molecule has 0 bridgehead atoms. The van der Waals surface area contributed by atoms with Crippen molar-refractivity contribution in [3.8, 4) is 0 Å². The summed E-state index contributed by atoms with van der Waals surface area (Å²) in [6.07, 6.45) is -0.862. The Bertz CT molecular complexity index is 368. The van der Waals surface area contributed by atoms with E-state index in [1.165, 1.54) is 0 Å². The number of sulfonamides is 1. The third-order valence-corrected chi connectivity index (χ3v) is 4.10. The molecular formula is C9H17NO6S. The van der Waals surface area contributed by atoms with Gasteiger partial charge < -0.3 is 14.6 Å². The van der Waals surface area contributed by atoms with Gasteiger partial charge in [-0.2, -0.15) is 4.31 Å². The molecule has 8 heteroatoms. The number of morpholine rings is 1. The third kappa shape index (κ3) is 3.91. The van der Waals surface area contributed by atoms with Crippen LogP contribution in [0, 0.1) is 0 Å². The number of esters is 1. The van der Waals surface area contributed by atoms with Crippen LogP contribution in [0.15, 0.2) is 0 Å². The van der Waals surface area contributed by atoms with Crippen LogP contribution in [0.2, 0.25) is 0 Å². The molecule has 2 unspecified atom stereocenters. The number of hydrogen-bond acceptors (Lipinski definition) is 6. The summed E-state index contributed by atoms with van der Waals surface area (Å²) in [6, 6.07) is 0. The molecule has 0 amide bonds. The fourth-order valence-electron chi connectivity index (χ4n) is 1.63. The molecular weight excluding hydrogens is 250 g/mol. The highest BCUT2D eigenvalue weighted by Crippen LogP contribution is 2.15. The van der Waals surface area contributed by atoms with Gasteiger partial charge in [0.25, 0.3) is 0 Å². The van der Waals surface area contributed by atoms with Gasteiger partial charge in [0.2, 0.25) is 10.0 Å². The van der Waals surface area contributed by atoms with Gasteiger partial charge in [0.1, 0.15) is 0 Å². The lowest BCUT2D eigenvalue weighted by atomic mass is 10.2. The van der Waals surface area contributed by atoms with Crippen molar-refractivity contribution in [2.45, 2.75) is 19.1 Å². The quantitative estimate of drug-likeness (QED) is 0.628. The van der Waals surface area contributed by atoms with Gasteiger partial charge >= 0.3 is 5.97 Å². The summed E-state index contributed by atoms with van der Waals surface area (Å²) < 4.78 is 34.5. The minimum absolute atomic E-state index is 0.0557. The Morgan fingerprint density at radius 2 is 2.18 bits per heavy atom. The number of methoxy groups -OCH3 is 1. The SMILES string of the molecule is COC(=O)CS(=O)(=O)N1CC(C)OC(CO)C1. The zero-order valence-electron chi connectivity index (χ0n) is 9.83. The lowest BCUT2D eigenvalue weighted by Gasteiger charge is -2.34. The van der Waals surface area contributed by atoms with Gasteiger partial charge in [-0.15, -0.1) is 0 Å². The van der Waals surface area contributed by atoms with E-state index in [2.05, 4.69) is 4.74 Å². The standard InChI is InChI=1S/C9H17NO6S/c1-7-3-10(4-8(5-11)16-7)17(13,14)6-9(12)15-2/h7-8,11H,3-6H2,1-2H3. The van der Waals surface area contributed by atoms with E-state index in [0.717, 1.165) is 11.4 Å². The summed E-state index contributed by atoms with van der Waals surface area (Å²) in [6.45, 7) is 1.69. The number of hydrogen-bond donors (Lipinski definition) is 1. The topological polar surface area (TPSA) is 93.1 Å². The number of aliphatic hydroxyl groups is 1. The van der Waals surface area contributed by atoms with E-state index in [-0.39, 0.29) is 25.8 Å². The number of rotatable bonds is 4. The van der Waals surface area contributed by atoms with Crippen LogP contribution in [0.1, 0.15) is 6.92 Å². The third-order valence-electron chi connectivity index (χ3n) is 2.42. The highest BCUT2D eigenvalue weighted by molar-refractivity contribution is 7.89. The molecule has 2 atom stereocenters. The molecule has 1 aliphatic rings. The van der Waals surface area contributed by atoms with E-state index in [1.54, 1.807) is 6.92 Å².